The molecule has 1 aromatic heterocycles. The van der Waals surface area contributed by atoms with Crippen molar-refractivity contribution in [3.05, 3.63) is 52.3 Å². The first-order valence-corrected chi connectivity index (χ1v) is 6.61. The summed E-state index contributed by atoms with van der Waals surface area (Å²) in [4.78, 5) is 11.7. The average molecular weight is 254 g/mol. The smallest absolute Gasteiger partial charge is 0.224 e. The Labute approximate surface area is 113 Å². The maximum atomic E-state index is 11.7. The number of amides is 1. The Morgan fingerprint density at radius 3 is 2.37 bits per heavy atom. The topological polar surface area (TPSA) is 34.0 Å². The van der Waals surface area contributed by atoms with E-state index in [0.717, 1.165) is 0 Å². The molecule has 0 aliphatic carbocycles. The zero-order valence-electron chi connectivity index (χ0n) is 11.6. The van der Waals surface area contributed by atoms with Crippen LogP contribution in [0.5, 0.6) is 0 Å². The lowest BCUT2D eigenvalue weighted by atomic mass is 9.87. The van der Waals surface area contributed by atoms with Gasteiger partial charge in [0.1, 0.15) is 0 Å². The van der Waals surface area contributed by atoms with Gasteiger partial charge >= 0.3 is 0 Å². The highest BCUT2D eigenvalue weighted by Crippen LogP contribution is 2.31. The number of nitrogens with zero attached hydrogens (tertiary/aromatic N) is 1. The summed E-state index contributed by atoms with van der Waals surface area (Å²) >= 11 is 0. The molecular formula is C16H18N2O. The predicted octanol–water partition coefficient (Wildman–Crippen LogP) is 2.57. The van der Waals surface area contributed by atoms with Crippen LogP contribution in [0.2, 0.25) is 0 Å². The van der Waals surface area contributed by atoms with E-state index in [9.17, 15) is 4.79 Å². The van der Waals surface area contributed by atoms with E-state index in [1.165, 1.54) is 33.5 Å². The molecule has 1 aromatic carbocycles. The molecule has 0 atom stereocenters. The van der Waals surface area contributed by atoms with Crippen molar-refractivity contribution in [1.29, 1.82) is 0 Å². The highest BCUT2D eigenvalue weighted by Gasteiger charge is 2.23. The Morgan fingerprint density at radius 2 is 1.68 bits per heavy atom. The molecule has 0 bridgehead atoms. The van der Waals surface area contributed by atoms with Crippen molar-refractivity contribution >= 4 is 5.91 Å². The average Bonchev–Trinajstić information content (AvgIpc) is 2.90. The molecule has 1 aliphatic rings. The molecule has 1 amide bonds. The summed E-state index contributed by atoms with van der Waals surface area (Å²) in [5.41, 5.74) is 7.54. The molecule has 98 valence electrons. The lowest BCUT2D eigenvalue weighted by Gasteiger charge is -2.26. The number of aromatic nitrogens is 1. The van der Waals surface area contributed by atoms with E-state index in [-0.39, 0.29) is 5.91 Å². The van der Waals surface area contributed by atoms with E-state index in [1.807, 2.05) is 12.1 Å². The van der Waals surface area contributed by atoms with Gasteiger partial charge in [0.05, 0.1) is 12.1 Å². The second-order valence-electron chi connectivity index (χ2n) is 5.22. The highest BCUT2D eigenvalue weighted by atomic mass is 16.1. The summed E-state index contributed by atoms with van der Waals surface area (Å²) in [6.45, 7) is 7.10. The molecule has 1 N–H and O–H groups in total. The quantitative estimate of drug-likeness (QED) is 0.834. The molecule has 19 heavy (non-hydrogen) atoms. The van der Waals surface area contributed by atoms with Crippen LogP contribution in [0, 0.1) is 20.8 Å². The Bertz CT molecular complexity index is 654. The zero-order valence-corrected chi connectivity index (χ0v) is 11.6. The van der Waals surface area contributed by atoms with Gasteiger partial charge < -0.3 is 9.88 Å². The number of hydrogen-bond donors (Lipinski definition) is 1. The molecule has 0 radical (unpaired) electrons. The lowest BCUT2D eigenvalue weighted by Crippen LogP contribution is -2.32. The highest BCUT2D eigenvalue weighted by molar-refractivity contribution is 5.82. The third-order valence-corrected chi connectivity index (χ3v) is 4.20. The van der Waals surface area contributed by atoms with E-state index >= 15 is 0 Å². The first-order valence-electron chi connectivity index (χ1n) is 6.61. The number of rotatable bonds is 1. The number of carbonyl (C=O) groups excluding carboxylic acids is 1. The monoisotopic (exact) mass is 254 g/mol. The zero-order chi connectivity index (χ0) is 13.6. The lowest BCUT2D eigenvalue weighted by molar-refractivity contribution is -0.121. The Morgan fingerprint density at radius 1 is 1.00 bits per heavy atom. The van der Waals surface area contributed by atoms with Crippen molar-refractivity contribution in [2.45, 2.75) is 33.7 Å². The molecule has 2 aromatic rings. The standard InChI is InChI=1S/C16H18N2O/c1-10-11(2)16(18-6-4-5-7-18)12(3)13-8-15(19)17-9-14(10)13/h4-7H,8-9H2,1-3H3,(H,17,19). The SMILES string of the molecule is Cc1c(C)c(-n2cccc2)c(C)c2c1CNC(=O)C2. The molecule has 2 heterocycles. The minimum Gasteiger partial charge on any atom is -0.352 e. The molecule has 3 nitrogen and oxygen atoms in total. The molecule has 0 fully saturated rings. The summed E-state index contributed by atoms with van der Waals surface area (Å²) in [6, 6.07) is 4.06. The molecule has 0 saturated carbocycles. The van der Waals surface area contributed by atoms with Crippen LogP contribution < -0.4 is 5.32 Å². The van der Waals surface area contributed by atoms with Crippen molar-refractivity contribution < 1.29 is 4.79 Å². The molecule has 1 aliphatic heterocycles. The van der Waals surface area contributed by atoms with Gasteiger partial charge in [0.25, 0.3) is 0 Å². The molecule has 3 rings (SSSR count). The summed E-state index contributed by atoms with van der Waals surface area (Å²) < 4.78 is 2.14. The van der Waals surface area contributed by atoms with Gasteiger partial charge in [-0.2, -0.15) is 0 Å². The molecular weight excluding hydrogens is 236 g/mol. The molecule has 3 heteroatoms. The van der Waals surface area contributed by atoms with Gasteiger partial charge in [-0.3, -0.25) is 4.79 Å². The predicted molar refractivity (Wildman–Crippen MR) is 75.5 cm³/mol. The largest absolute Gasteiger partial charge is 0.352 e. The molecule has 0 unspecified atom stereocenters. The maximum absolute atomic E-state index is 11.7. The maximum Gasteiger partial charge on any atom is 0.224 e. The van der Waals surface area contributed by atoms with E-state index in [0.29, 0.717) is 13.0 Å². The van der Waals surface area contributed by atoms with Gasteiger partial charge in [-0.05, 0) is 60.7 Å². The van der Waals surface area contributed by atoms with Crippen LogP contribution in [0.25, 0.3) is 5.69 Å². The van der Waals surface area contributed by atoms with E-state index in [2.05, 4.69) is 43.0 Å². The van der Waals surface area contributed by atoms with Crippen molar-refractivity contribution in [3.63, 3.8) is 0 Å². The van der Waals surface area contributed by atoms with Crippen LogP contribution in [0.1, 0.15) is 27.8 Å². The second-order valence-corrected chi connectivity index (χ2v) is 5.22. The van der Waals surface area contributed by atoms with Gasteiger partial charge in [-0.1, -0.05) is 0 Å². The van der Waals surface area contributed by atoms with Crippen molar-refractivity contribution in [2.75, 3.05) is 0 Å². The van der Waals surface area contributed by atoms with Gasteiger partial charge in [-0.15, -0.1) is 0 Å². The number of fused-ring (bicyclic) bond motifs is 1. The summed E-state index contributed by atoms with van der Waals surface area (Å²) in [5.74, 6) is 0.123. The molecule has 0 saturated heterocycles. The van der Waals surface area contributed by atoms with Crippen LogP contribution in [0.3, 0.4) is 0 Å². The minimum atomic E-state index is 0.123. The van der Waals surface area contributed by atoms with Crippen molar-refractivity contribution in [3.8, 4) is 5.69 Å². The fourth-order valence-electron chi connectivity index (χ4n) is 3.04. The first kappa shape index (κ1) is 12.0. The summed E-state index contributed by atoms with van der Waals surface area (Å²) in [7, 11) is 0. The Balaban J connectivity index is 2.30. The Hall–Kier alpha value is -2.03. The van der Waals surface area contributed by atoms with Gasteiger partial charge in [0.2, 0.25) is 5.91 Å². The van der Waals surface area contributed by atoms with Gasteiger partial charge in [0, 0.05) is 18.9 Å². The van der Waals surface area contributed by atoms with Gasteiger partial charge in [0.15, 0.2) is 0 Å². The second kappa shape index (κ2) is 4.26. The van der Waals surface area contributed by atoms with E-state index in [1.54, 1.807) is 0 Å². The van der Waals surface area contributed by atoms with Gasteiger partial charge in [-0.25, -0.2) is 0 Å². The fraction of sp³-hybridized carbons (Fsp3) is 0.312. The summed E-state index contributed by atoms with van der Waals surface area (Å²) in [6.07, 6.45) is 4.62. The number of hydrogen-bond acceptors (Lipinski definition) is 1. The third-order valence-electron chi connectivity index (χ3n) is 4.20. The number of carbonyl (C=O) groups is 1. The van der Waals surface area contributed by atoms with Crippen LogP contribution in [0.15, 0.2) is 24.5 Å². The van der Waals surface area contributed by atoms with E-state index < -0.39 is 0 Å². The van der Waals surface area contributed by atoms with Crippen molar-refractivity contribution in [2.24, 2.45) is 0 Å². The first-order chi connectivity index (χ1) is 9.09. The van der Waals surface area contributed by atoms with Crippen molar-refractivity contribution in [1.82, 2.24) is 9.88 Å². The van der Waals surface area contributed by atoms with Crippen LogP contribution in [-0.2, 0) is 17.8 Å². The third kappa shape index (κ3) is 1.77. The fourth-order valence-corrected chi connectivity index (χ4v) is 3.04. The normalized spacial score (nSPS) is 14.2. The number of benzene rings is 1. The summed E-state index contributed by atoms with van der Waals surface area (Å²) in [5, 5.41) is 2.94. The Kier molecular flexibility index (Phi) is 2.70. The van der Waals surface area contributed by atoms with Crippen LogP contribution >= 0.6 is 0 Å². The van der Waals surface area contributed by atoms with E-state index in [4.69, 9.17) is 0 Å². The molecule has 0 spiro atoms. The minimum absolute atomic E-state index is 0.123. The van der Waals surface area contributed by atoms with Crippen LogP contribution in [0.4, 0.5) is 0 Å². The number of nitrogens with one attached hydrogen (secondary N) is 1. The van der Waals surface area contributed by atoms with Crippen LogP contribution in [-0.4, -0.2) is 10.5 Å².